The van der Waals surface area contributed by atoms with Gasteiger partial charge in [0.05, 0.1) is 11.6 Å². The molecule has 0 heterocycles. The molecule has 1 saturated carbocycles. The van der Waals surface area contributed by atoms with Gasteiger partial charge < -0.3 is 15.8 Å². The molecular formula is C13H26N2O2. The maximum atomic E-state index is 11.6. The Labute approximate surface area is 104 Å². The summed E-state index contributed by atoms with van der Waals surface area (Å²) in [6.45, 7) is 6.42. The molecule has 4 heteroatoms. The molecule has 100 valence electrons. The summed E-state index contributed by atoms with van der Waals surface area (Å²) < 4.78 is 5.13. The Balaban J connectivity index is 2.50. The van der Waals surface area contributed by atoms with Crippen LogP contribution in [0.5, 0.6) is 0 Å². The van der Waals surface area contributed by atoms with E-state index in [4.69, 9.17) is 10.5 Å². The van der Waals surface area contributed by atoms with E-state index in [1.165, 1.54) is 6.42 Å². The molecule has 0 saturated heterocycles. The van der Waals surface area contributed by atoms with Crippen LogP contribution in [0.3, 0.4) is 0 Å². The van der Waals surface area contributed by atoms with Crippen molar-refractivity contribution >= 4 is 6.09 Å². The number of alkyl carbamates (subject to hydrolysis) is 1. The third-order valence-electron chi connectivity index (χ3n) is 3.74. The molecule has 3 N–H and O–H groups in total. The molecule has 17 heavy (non-hydrogen) atoms. The average molecular weight is 242 g/mol. The van der Waals surface area contributed by atoms with Crippen molar-refractivity contribution in [2.24, 2.45) is 11.7 Å². The number of nitrogens with one attached hydrogen (secondary N) is 1. The van der Waals surface area contributed by atoms with Crippen molar-refractivity contribution in [1.29, 1.82) is 0 Å². The second-order valence-electron chi connectivity index (χ2n) is 5.42. The SMILES string of the molecule is CCC1CCC(CN)(NC(=O)OC(C)C)CC1. The Morgan fingerprint density at radius 3 is 2.47 bits per heavy atom. The van der Waals surface area contributed by atoms with Crippen LogP contribution in [0.25, 0.3) is 0 Å². The lowest BCUT2D eigenvalue weighted by atomic mass is 9.75. The summed E-state index contributed by atoms with van der Waals surface area (Å²) in [4.78, 5) is 11.6. The highest BCUT2D eigenvalue weighted by molar-refractivity contribution is 5.68. The van der Waals surface area contributed by atoms with Gasteiger partial charge in [0.15, 0.2) is 0 Å². The van der Waals surface area contributed by atoms with Gasteiger partial charge in [0.1, 0.15) is 0 Å². The predicted molar refractivity (Wildman–Crippen MR) is 68.8 cm³/mol. The van der Waals surface area contributed by atoms with Gasteiger partial charge in [0, 0.05) is 6.54 Å². The standard InChI is InChI=1S/C13H26N2O2/c1-4-11-5-7-13(9-14,8-6-11)15-12(16)17-10(2)3/h10-11H,4-9,14H2,1-3H3,(H,15,16). The van der Waals surface area contributed by atoms with E-state index in [1.807, 2.05) is 13.8 Å². The van der Waals surface area contributed by atoms with E-state index >= 15 is 0 Å². The Hall–Kier alpha value is -0.770. The maximum absolute atomic E-state index is 11.6. The first-order valence-electron chi connectivity index (χ1n) is 6.70. The van der Waals surface area contributed by atoms with Crippen LogP contribution in [0.15, 0.2) is 0 Å². The van der Waals surface area contributed by atoms with Gasteiger partial charge in [-0.25, -0.2) is 4.79 Å². The van der Waals surface area contributed by atoms with E-state index in [-0.39, 0.29) is 17.7 Å². The van der Waals surface area contributed by atoms with Gasteiger partial charge in [-0.2, -0.15) is 0 Å². The molecule has 1 amide bonds. The summed E-state index contributed by atoms with van der Waals surface area (Å²) in [5, 5.41) is 2.97. The van der Waals surface area contributed by atoms with Gasteiger partial charge in [-0.15, -0.1) is 0 Å². The van der Waals surface area contributed by atoms with Crippen molar-refractivity contribution in [3.05, 3.63) is 0 Å². The van der Waals surface area contributed by atoms with Crippen molar-refractivity contribution in [3.8, 4) is 0 Å². The number of hydrogen-bond donors (Lipinski definition) is 2. The summed E-state index contributed by atoms with van der Waals surface area (Å²) in [7, 11) is 0. The molecule has 4 nitrogen and oxygen atoms in total. The predicted octanol–water partition coefficient (Wildman–Crippen LogP) is 2.42. The first-order chi connectivity index (χ1) is 8.01. The smallest absolute Gasteiger partial charge is 0.407 e. The first kappa shape index (κ1) is 14.3. The molecule has 0 aromatic rings. The second kappa shape index (κ2) is 6.24. The minimum absolute atomic E-state index is 0.0863. The van der Waals surface area contributed by atoms with E-state index in [0.29, 0.717) is 6.54 Å². The molecule has 1 fully saturated rings. The Morgan fingerprint density at radius 2 is 2.06 bits per heavy atom. The summed E-state index contributed by atoms with van der Waals surface area (Å²) in [6.07, 6.45) is 5.03. The summed E-state index contributed by atoms with van der Waals surface area (Å²) in [6, 6.07) is 0. The lowest BCUT2D eigenvalue weighted by Crippen LogP contribution is -2.55. The summed E-state index contributed by atoms with van der Waals surface area (Å²) >= 11 is 0. The second-order valence-corrected chi connectivity index (χ2v) is 5.42. The third kappa shape index (κ3) is 4.19. The molecule has 0 unspecified atom stereocenters. The van der Waals surface area contributed by atoms with Crippen molar-refractivity contribution in [3.63, 3.8) is 0 Å². The molecule has 0 aliphatic heterocycles. The molecular weight excluding hydrogens is 216 g/mol. The molecule has 1 aliphatic rings. The van der Waals surface area contributed by atoms with Gasteiger partial charge in [0.2, 0.25) is 0 Å². The lowest BCUT2D eigenvalue weighted by Gasteiger charge is -2.39. The lowest BCUT2D eigenvalue weighted by molar-refractivity contribution is 0.0944. The zero-order valence-corrected chi connectivity index (χ0v) is 11.3. The molecule has 0 spiro atoms. The highest BCUT2D eigenvalue weighted by Gasteiger charge is 2.35. The van der Waals surface area contributed by atoms with Crippen molar-refractivity contribution in [2.75, 3.05) is 6.54 Å². The minimum atomic E-state index is -0.333. The number of amides is 1. The highest BCUT2D eigenvalue weighted by atomic mass is 16.6. The van der Waals surface area contributed by atoms with E-state index in [2.05, 4.69) is 12.2 Å². The van der Waals surface area contributed by atoms with Crippen molar-refractivity contribution < 1.29 is 9.53 Å². The number of nitrogens with two attached hydrogens (primary N) is 1. The number of rotatable bonds is 4. The van der Waals surface area contributed by atoms with Crippen LogP contribution in [-0.4, -0.2) is 24.3 Å². The van der Waals surface area contributed by atoms with Crippen LogP contribution < -0.4 is 11.1 Å². The average Bonchev–Trinajstić information content (AvgIpc) is 2.29. The van der Waals surface area contributed by atoms with Crippen molar-refractivity contribution in [1.82, 2.24) is 5.32 Å². The highest BCUT2D eigenvalue weighted by Crippen LogP contribution is 2.33. The molecule has 1 aliphatic carbocycles. The van der Waals surface area contributed by atoms with Gasteiger partial charge >= 0.3 is 6.09 Å². The fourth-order valence-corrected chi connectivity index (χ4v) is 2.48. The van der Waals surface area contributed by atoms with Crippen LogP contribution in [0.4, 0.5) is 4.79 Å². The largest absolute Gasteiger partial charge is 0.447 e. The molecule has 0 bridgehead atoms. The minimum Gasteiger partial charge on any atom is -0.447 e. The molecule has 0 atom stereocenters. The first-order valence-corrected chi connectivity index (χ1v) is 6.70. The Morgan fingerprint density at radius 1 is 1.47 bits per heavy atom. The van der Waals surface area contributed by atoms with Gasteiger partial charge in [-0.05, 0) is 45.4 Å². The normalized spacial score (nSPS) is 29.1. The monoisotopic (exact) mass is 242 g/mol. The van der Waals surface area contributed by atoms with Gasteiger partial charge in [-0.3, -0.25) is 0 Å². The zero-order valence-electron chi connectivity index (χ0n) is 11.3. The van der Waals surface area contributed by atoms with E-state index in [9.17, 15) is 4.79 Å². The van der Waals surface area contributed by atoms with Gasteiger partial charge in [-0.1, -0.05) is 13.3 Å². The zero-order chi connectivity index (χ0) is 12.9. The number of hydrogen-bond acceptors (Lipinski definition) is 3. The summed E-state index contributed by atoms with van der Waals surface area (Å²) in [5.41, 5.74) is 5.60. The molecule has 0 radical (unpaired) electrons. The van der Waals surface area contributed by atoms with Crippen LogP contribution in [-0.2, 0) is 4.74 Å². The van der Waals surface area contributed by atoms with Crippen LogP contribution in [0.2, 0.25) is 0 Å². The number of ether oxygens (including phenoxy) is 1. The fraction of sp³-hybridized carbons (Fsp3) is 0.923. The summed E-state index contributed by atoms with van der Waals surface area (Å²) in [5.74, 6) is 0.789. The molecule has 0 aromatic heterocycles. The Kier molecular flexibility index (Phi) is 5.25. The van der Waals surface area contributed by atoms with E-state index in [0.717, 1.165) is 31.6 Å². The molecule has 0 aromatic carbocycles. The van der Waals surface area contributed by atoms with Crippen LogP contribution in [0, 0.1) is 5.92 Å². The van der Waals surface area contributed by atoms with E-state index < -0.39 is 0 Å². The fourth-order valence-electron chi connectivity index (χ4n) is 2.48. The van der Waals surface area contributed by atoms with Crippen molar-refractivity contribution in [2.45, 2.75) is 64.5 Å². The maximum Gasteiger partial charge on any atom is 0.407 e. The quantitative estimate of drug-likeness (QED) is 0.795. The van der Waals surface area contributed by atoms with E-state index in [1.54, 1.807) is 0 Å². The van der Waals surface area contributed by atoms with Crippen LogP contribution in [0.1, 0.15) is 52.9 Å². The van der Waals surface area contributed by atoms with Gasteiger partial charge in [0.25, 0.3) is 0 Å². The number of carbonyl (C=O) groups is 1. The topological polar surface area (TPSA) is 64.3 Å². The number of carbonyl (C=O) groups excluding carboxylic acids is 1. The van der Waals surface area contributed by atoms with Crippen LogP contribution >= 0.6 is 0 Å². The molecule has 1 rings (SSSR count). The third-order valence-corrected chi connectivity index (χ3v) is 3.74. The Bertz CT molecular complexity index is 246.